The number of rotatable bonds is 4. The van der Waals surface area contributed by atoms with Gasteiger partial charge in [0.25, 0.3) is 0 Å². The Bertz CT molecular complexity index is 691. The van der Waals surface area contributed by atoms with E-state index >= 15 is 0 Å². The lowest BCUT2D eigenvalue weighted by Crippen LogP contribution is -2.17. The number of nitrogens with one attached hydrogen (secondary N) is 2. The second kappa shape index (κ2) is 5.02. The molecular formula is C10H14N4O4S2. The van der Waals surface area contributed by atoms with Crippen LogP contribution in [0.3, 0.4) is 0 Å². The predicted molar refractivity (Wildman–Crippen MR) is 76.2 cm³/mol. The van der Waals surface area contributed by atoms with Crippen molar-refractivity contribution in [1.82, 2.24) is 9.66 Å². The highest BCUT2D eigenvalue weighted by Crippen LogP contribution is 2.31. The predicted octanol–water partition coefficient (Wildman–Crippen LogP) is -0.543. The van der Waals surface area contributed by atoms with Gasteiger partial charge in [-0.2, -0.15) is 10.2 Å². The van der Waals surface area contributed by atoms with E-state index in [1.54, 1.807) is 12.2 Å². The minimum Gasteiger partial charge on any atom is -0.206 e. The summed E-state index contributed by atoms with van der Waals surface area (Å²) in [7, 11) is -6.72. The van der Waals surface area contributed by atoms with Crippen molar-refractivity contribution in [2.75, 3.05) is 12.5 Å². The standard InChI is InChI=1S/C10H14N4O4S2/c1-19(15,16)13-11-9-3-7-5-10(6-8(7)4-9)12-14-20(2,17)18/h3,6,13-14H,4-5H2,1-2H3/b11-9-,12-10-. The van der Waals surface area contributed by atoms with Crippen molar-refractivity contribution in [3.8, 4) is 0 Å². The van der Waals surface area contributed by atoms with Gasteiger partial charge in [-0.3, -0.25) is 0 Å². The highest BCUT2D eigenvalue weighted by Gasteiger charge is 2.24. The quantitative estimate of drug-likeness (QED) is 0.677. The van der Waals surface area contributed by atoms with E-state index in [0.29, 0.717) is 24.3 Å². The van der Waals surface area contributed by atoms with Crippen LogP contribution in [0.15, 0.2) is 33.5 Å². The lowest BCUT2D eigenvalue weighted by Gasteiger charge is -1.98. The SMILES string of the molecule is CS(=O)(=O)N/N=C1\C=C2C/C(=N\NS(C)(=O)=O)C=C2C1. The molecule has 2 N–H and O–H groups in total. The molecule has 20 heavy (non-hydrogen) atoms. The number of allylic oxidation sites excluding steroid dienone is 4. The van der Waals surface area contributed by atoms with Crippen LogP contribution in [0.1, 0.15) is 12.8 Å². The molecule has 0 unspecified atom stereocenters. The molecule has 2 aliphatic carbocycles. The summed E-state index contributed by atoms with van der Waals surface area (Å²) in [4.78, 5) is 4.15. The molecule has 0 heterocycles. The summed E-state index contributed by atoms with van der Waals surface area (Å²) in [5, 5.41) is 7.59. The maximum Gasteiger partial charge on any atom is 0.244 e. The largest absolute Gasteiger partial charge is 0.244 e. The molecule has 0 atom stereocenters. The van der Waals surface area contributed by atoms with Crippen molar-refractivity contribution in [1.29, 1.82) is 0 Å². The second-order valence-corrected chi connectivity index (χ2v) is 8.08. The Morgan fingerprint density at radius 1 is 0.850 bits per heavy atom. The molecule has 0 aliphatic heterocycles. The first-order chi connectivity index (χ1) is 9.12. The Hall–Kier alpha value is -1.68. The van der Waals surface area contributed by atoms with Gasteiger partial charge in [-0.05, 0) is 23.3 Å². The number of nitrogens with zero attached hydrogens (tertiary/aromatic N) is 2. The summed E-state index contributed by atoms with van der Waals surface area (Å²) >= 11 is 0. The van der Waals surface area contributed by atoms with Crippen LogP contribution in [0.2, 0.25) is 0 Å². The zero-order valence-electron chi connectivity index (χ0n) is 10.9. The van der Waals surface area contributed by atoms with Crippen LogP contribution in [-0.2, 0) is 20.0 Å². The van der Waals surface area contributed by atoms with E-state index in [1.807, 2.05) is 0 Å². The molecule has 0 saturated carbocycles. The topological polar surface area (TPSA) is 117 Å². The highest BCUT2D eigenvalue weighted by atomic mass is 32.2. The summed E-state index contributed by atoms with van der Waals surface area (Å²) in [6.45, 7) is 0. The van der Waals surface area contributed by atoms with Gasteiger partial charge in [0.05, 0.1) is 23.9 Å². The number of sulfonamides is 2. The van der Waals surface area contributed by atoms with E-state index in [0.717, 1.165) is 23.7 Å². The Kier molecular flexibility index (Phi) is 3.69. The van der Waals surface area contributed by atoms with E-state index in [9.17, 15) is 16.8 Å². The van der Waals surface area contributed by atoms with Crippen molar-refractivity contribution in [2.45, 2.75) is 12.8 Å². The van der Waals surface area contributed by atoms with Crippen molar-refractivity contribution >= 4 is 31.5 Å². The molecule has 0 saturated heterocycles. The van der Waals surface area contributed by atoms with Crippen LogP contribution in [0.5, 0.6) is 0 Å². The summed E-state index contributed by atoms with van der Waals surface area (Å²) in [6.07, 6.45) is 6.59. The zero-order chi connectivity index (χ0) is 15.0. The number of hydrogen-bond acceptors (Lipinski definition) is 6. The fraction of sp³-hybridized carbons (Fsp3) is 0.400. The Morgan fingerprint density at radius 3 is 1.50 bits per heavy atom. The molecule has 0 spiro atoms. The monoisotopic (exact) mass is 318 g/mol. The molecule has 0 aromatic carbocycles. The van der Waals surface area contributed by atoms with Crippen LogP contribution in [0.25, 0.3) is 0 Å². The van der Waals surface area contributed by atoms with Gasteiger partial charge in [-0.25, -0.2) is 26.5 Å². The molecule has 2 aliphatic rings. The smallest absolute Gasteiger partial charge is 0.206 e. The van der Waals surface area contributed by atoms with Crippen molar-refractivity contribution in [2.24, 2.45) is 10.2 Å². The van der Waals surface area contributed by atoms with E-state index in [4.69, 9.17) is 0 Å². The van der Waals surface area contributed by atoms with Crippen molar-refractivity contribution in [3.63, 3.8) is 0 Å². The van der Waals surface area contributed by atoms with Gasteiger partial charge < -0.3 is 0 Å². The normalized spacial score (nSPS) is 22.7. The molecule has 0 aromatic heterocycles. The van der Waals surface area contributed by atoms with Gasteiger partial charge in [-0.15, -0.1) is 0 Å². The Labute approximate surface area is 117 Å². The summed E-state index contributed by atoms with van der Waals surface area (Å²) in [6, 6.07) is 0. The molecule has 0 radical (unpaired) electrons. The first-order valence-corrected chi connectivity index (χ1v) is 9.39. The Balaban J connectivity index is 2.06. The first-order valence-electron chi connectivity index (χ1n) is 5.60. The van der Waals surface area contributed by atoms with Crippen LogP contribution in [-0.4, -0.2) is 40.8 Å². The summed E-state index contributed by atoms with van der Waals surface area (Å²) in [5.74, 6) is 0. The molecule has 2 rings (SSSR count). The molecule has 8 nitrogen and oxygen atoms in total. The Morgan fingerprint density at radius 2 is 1.20 bits per heavy atom. The summed E-state index contributed by atoms with van der Waals surface area (Å²) < 4.78 is 43.7. The first kappa shape index (κ1) is 14.7. The maximum absolute atomic E-state index is 10.9. The molecule has 0 fully saturated rings. The fourth-order valence-corrected chi connectivity index (χ4v) is 2.40. The van der Waals surface area contributed by atoms with Crippen LogP contribution >= 0.6 is 0 Å². The van der Waals surface area contributed by atoms with E-state index in [1.165, 1.54) is 0 Å². The van der Waals surface area contributed by atoms with Gasteiger partial charge in [0.15, 0.2) is 0 Å². The van der Waals surface area contributed by atoms with Gasteiger partial charge in [-0.1, -0.05) is 0 Å². The molecule has 10 heteroatoms. The minimum atomic E-state index is -3.36. The molecule has 0 bridgehead atoms. The minimum absolute atomic E-state index is 0.496. The lowest BCUT2D eigenvalue weighted by atomic mass is 10.2. The van der Waals surface area contributed by atoms with E-state index in [-0.39, 0.29) is 0 Å². The average Bonchev–Trinajstić information content (AvgIpc) is 2.78. The fourth-order valence-electron chi connectivity index (χ4n) is 1.84. The summed E-state index contributed by atoms with van der Waals surface area (Å²) in [5.41, 5.74) is 3.17. The number of fused-ring (bicyclic) bond motifs is 1. The number of hydrogen-bond donors (Lipinski definition) is 2. The zero-order valence-corrected chi connectivity index (χ0v) is 12.5. The van der Waals surface area contributed by atoms with Gasteiger partial charge in [0.2, 0.25) is 20.0 Å². The molecule has 0 aromatic rings. The second-order valence-electron chi connectivity index (χ2n) is 4.63. The van der Waals surface area contributed by atoms with Crippen LogP contribution in [0.4, 0.5) is 0 Å². The third-order valence-electron chi connectivity index (χ3n) is 2.55. The van der Waals surface area contributed by atoms with Crippen LogP contribution < -0.4 is 9.66 Å². The average molecular weight is 318 g/mol. The molecule has 0 amide bonds. The highest BCUT2D eigenvalue weighted by molar-refractivity contribution is 7.88. The molecular weight excluding hydrogens is 304 g/mol. The van der Waals surface area contributed by atoms with E-state index < -0.39 is 20.0 Å². The third kappa shape index (κ3) is 4.17. The lowest BCUT2D eigenvalue weighted by molar-refractivity contribution is 0.589. The van der Waals surface area contributed by atoms with E-state index in [2.05, 4.69) is 19.9 Å². The van der Waals surface area contributed by atoms with Gasteiger partial charge in [0, 0.05) is 12.8 Å². The maximum atomic E-state index is 10.9. The van der Waals surface area contributed by atoms with Crippen molar-refractivity contribution in [3.05, 3.63) is 23.3 Å². The van der Waals surface area contributed by atoms with Gasteiger partial charge in [0.1, 0.15) is 0 Å². The van der Waals surface area contributed by atoms with Crippen LogP contribution in [0, 0.1) is 0 Å². The van der Waals surface area contributed by atoms with Crippen molar-refractivity contribution < 1.29 is 16.8 Å². The van der Waals surface area contributed by atoms with Gasteiger partial charge >= 0.3 is 0 Å². The number of hydrazone groups is 2. The molecule has 110 valence electrons. The third-order valence-corrected chi connectivity index (χ3v) is 3.39.